The van der Waals surface area contributed by atoms with E-state index in [0.717, 1.165) is 11.3 Å². The Hall–Kier alpha value is -1.26. The van der Waals surface area contributed by atoms with Gasteiger partial charge in [-0.15, -0.1) is 11.8 Å². The van der Waals surface area contributed by atoms with E-state index in [0.29, 0.717) is 6.54 Å². The average molecular weight is 233 g/mol. The fourth-order valence-corrected chi connectivity index (χ4v) is 2.12. The van der Waals surface area contributed by atoms with E-state index in [9.17, 15) is 0 Å². The molecule has 1 aromatic heterocycles. The maximum Gasteiger partial charge on any atom is 0.0594 e. The molecular formula is C12H15N3S. The highest BCUT2D eigenvalue weighted by Gasteiger charge is 2.08. The maximum atomic E-state index is 5.72. The summed E-state index contributed by atoms with van der Waals surface area (Å²) in [5, 5.41) is 4.24. The highest BCUT2D eigenvalue weighted by molar-refractivity contribution is 7.98. The Labute approximate surface area is 99.7 Å². The molecule has 0 aliphatic rings. The molecule has 0 spiro atoms. The number of thioether (sulfide) groups is 1. The van der Waals surface area contributed by atoms with Crippen molar-refractivity contribution in [3.05, 3.63) is 36.2 Å². The van der Waals surface area contributed by atoms with Crippen molar-refractivity contribution >= 4 is 11.8 Å². The quantitative estimate of drug-likeness (QED) is 0.827. The first-order valence-electron chi connectivity index (χ1n) is 5.11. The van der Waals surface area contributed by atoms with Crippen molar-refractivity contribution < 1.29 is 0 Å². The van der Waals surface area contributed by atoms with E-state index in [1.807, 2.05) is 17.9 Å². The topological polar surface area (TPSA) is 43.8 Å². The summed E-state index contributed by atoms with van der Waals surface area (Å²) in [4.78, 5) is 1.27. The van der Waals surface area contributed by atoms with Crippen LogP contribution in [0.5, 0.6) is 0 Å². The molecule has 84 valence electrons. The standard InChI is InChI=1S/C12H15N3S/c1-15-12(7-13)11(8-14-15)9-3-5-10(16-2)6-4-9/h3-6,8H,7,13H2,1-2H3. The summed E-state index contributed by atoms with van der Waals surface area (Å²) in [6.45, 7) is 0.510. The SMILES string of the molecule is CSc1ccc(-c2cnn(C)c2CN)cc1. The van der Waals surface area contributed by atoms with E-state index in [2.05, 4.69) is 35.6 Å². The molecule has 0 unspecified atom stereocenters. The normalized spacial score (nSPS) is 10.7. The zero-order chi connectivity index (χ0) is 11.5. The fourth-order valence-electron chi connectivity index (χ4n) is 1.72. The largest absolute Gasteiger partial charge is 0.325 e. The first kappa shape index (κ1) is 11.2. The molecule has 1 heterocycles. The van der Waals surface area contributed by atoms with E-state index >= 15 is 0 Å². The van der Waals surface area contributed by atoms with Crippen molar-refractivity contribution in [3.8, 4) is 11.1 Å². The summed E-state index contributed by atoms with van der Waals surface area (Å²) in [5.74, 6) is 0. The summed E-state index contributed by atoms with van der Waals surface area (Å²) < 4.78 is 1.83. The predicted octanol–water partition coefficient (Wildman–Crippen LogP) is 2.27. The molecule has 16 heavy (non-hydrogen) atoms. The average Bonchev–Trinajstić information content (AvgIpc) is 2.70. The second-order valence-corrected chi connectivity index (χ2v) is 4.44. The Morgan fingerprint density at radius 2 is 2.00 bits per heavy atom. The monoisotopic (exact) mass is 233 g/mol. The van der Waals surface area contributed by atoms with Crippen LogP contribution in [0.2, 0.25) is 0 Å². The molecule has 0 atom stereocenters. The van der Waals surface area contributed by atoms with Crippen molar-refractivity contribution in [2.24, 2.45) is 12.8 Å². The minimum Gasteiger partial charge on any atom is -0.325 e. The van der Waals surface area contributed by atoms with Gasteiger partial charge in [0.2, 0.25) is 0 Å². The number of hydrogen-bond donors (Lipinski definition) is 1. The van der Waals surface area contributed by atoms with Crippen LogP contribution < -0.4 is 5.73 Å². The third-order valence-corrected chi connectivity index (χ3v) is 3.40. The van der Waals surface area contributed by atoms with Crippen LogP contribution in [0.3, 0.4) is 0 Å². The summed E-state index contributed by atoms with van der Waals surface area (Å²) in [7, 11) is 1.92. The van der Waals surface area contributed by atoms with Gasteiger partial charge >= 0.3 is 0 Å². The molecule has 2 aromatic rings. The van der Waals surface area contributed by atoms with Crippen molar-refractivity contribution in [2.45, 2.75) is 11.4 Å². The minimum absolute atomic E-state index is 0.510. The van der Waals surface area contributed by atoms with Crippen molar-refractivity contribution in [1.82, 2.24) is 9.78 Å². The number of aryl methyl sites for hydroxylation is 1. The number of rotatable bonds is 3. The van der Waals surface area contributed by atoms with Gasteiger partial charge in [-0.05, 0) is 24.0 Å². The molecule has 0 radical (unpaired) electrons. The molecule has 0 fully saturated rings. The molecule has 4 heteroatoms. The number of aromatic nitrogens is 2. The summed E-state index contributed by atoms with van der Waals surface area (Å²) >= 11 is 1.74. The molecule has 0 saturated heterocycles. The van der Waals surface area contributed by atoms with Crippen molar-refractivity contribution in [3.63, 3.8) is 0 Å². The molecule has 2 N–H and O–H groups in total. The first-order chi connectivity index (χ1) is 7.76. The van der Waals surface area contributed by atoms with Crippen LogP contribution in [0.25, 0.3) is 11.1 Å². The van der Waals surface area contributed by atoms with Gasteiger partial charge in [-0.2, -0.15) is 5.10 Å². The summed E-state index contributed by atoms with van der Waals surface area (Å²) in [5.41, 5.74) is 9.09. The third kappa shape index (κ3) is 1.99. The van der Waals surface area contributed by atoms with Gasteiger partial charge in [-0.3, -0.25) is 4.68 Å². The van der Waals surface area contributed by atoms with Crippen LogP contribution in [0.1, 0.15) is 5.69 Å². The smallest absolute Gasteiger partial charge is 0.0594 e. The van der Waals surface area contributed by atoms with Crippen LogP contribution in [-0.4, -0.2) is 16.0 Å². The van der Waals surface area contributed by atoms with Crippen LogP contribution in [-0.2, 0) is 13.6 Å². The third-order valence-electron chi connectivity index (χ3n) is 2.66. The Bertz CT molecular complexity index is 474. The van der Waals surface area contributed by atoms with E-state index < -0.39 is 0 Å². The van der Waals surface area contributed by atoms with E-state index in [4.69, 9.17) is 5.73 Å². The lowest BCUT2D eigenvalue weighted by atomic mass is 10.1. The Morgan fingerprint density at radius 3 is 2.56 bits per heavy atom. The highest BCUT2D eigenvalue weighted by Crippen LogP contribution is 2.25. The number of nitrogens with zero attached hydrogens (tertiary/aromatic N) is 2. The number of hydrogen-bond acceptors (Lipinski definition) is 3. The highest BCUT2D eigenvalue weighted by atomic mass is 32.2. The van der Waals surface area contributed by atoms with Crippen LogP contribution >= 0.6 is 11.8 Å². The van der Waals surface area contributed by atoms with Gasteiger partial charge < -0.3 is 5.73 Å². The Balaban J connectivity index is 2.42. The maximum absolute atomic E-state index is 5.72. The summed E-state index contributed by atoms with van der Waals surface area (Å²) in [6, 6.07) is 8.46. The predicted molar refractivity (Wildman–Crippen MR) is 68.3 cm³/mol. The number of benzene rings is 1. The van der Waals surface area contributed by atoms with Gasteiger partial charge in [0, 0.05) is 24.1 Å². The minimum atomic E-state index is 0.510. The van der Waals surface area contributed by atoms with Gasteiger partial charge in [-0.25, -0.2) is 0 Å². The molecule has 3 nitrogen and oxygen atoms in total. The second-order valence-electron chi connectivity index (χ2n) is 3.56. The van der Waals surface area contributed by atoms with Gasteiger partial charge in [0.25, 0.3) is 0 Å². The first-order valence-corrected chi connectivity index (χ1v) is 6.34. The molecule has 0 aliphatic heterocycles. The zero-order valence-electron chi connectivity index (χ0n) is 9.47. The lowest BCUT2D eigenvalue weighted by Crippen LogP contribution is -2.05. The van der Waals surface area contributed by atoms with Gasteiger partial charge in [0.15, 0.2) is 0 Å². The van der Waals surface area contributed by atoms with Gasteiger partial charge in [0.1, 0.15) is 0 Å². The fraction of sp³-hybridized carbons (Fsp3) is 0.250. The molecule has 2 rings (SSSR count). The van der Waals surface area contributed by atoms with E-state index in [1.165, 1.54) is 10.5 Å². The second kappa shape index (κ2) is 4.72. The van der Waals surface area contributed by atoms with Crippen LogP contribution in [0.15, 0.2) is 35.4 Å². The Morgan fingerprint density at radius 1 is 1.31 bits per heavy atom. The summed E-state index contributed by atoms with van der Waals surface area (Å²) in [6.07, 6.45) is 3.95. The van der Waals surface area contributed by atoms with Gasteiger partial charge in [-0.1, -0.05) is 12.1 Å². The molecular weight excluding hydrogens is 218 g/mol. The zero-order valence-corrected chi connectivity index (χ0v) is 10.3. The molecule has 0 amide bonds. The number of nitrogens with two attached hydrogens (primary N) is 1. The lowest BCUT2D eigenvalue weighted by molar-refractivity contribution is 0.713. The van der Waals surface area contributed by atoms with Crippen LogP contribution in [0, 0.1) is 0 Å². The van der Waals surface area contributed by atoms with Gasteiger partial charge in [0.05, 0.1) is 11.9 Å². The Kier molecular flexibility index (Phi) is 3.31. The van der Waals surface area contributed by atoms with E-state index in [1.54, 1.807) is 11.8 Å². The molecule has 1 aromatic carbocycles. The lowest BCUT2D eigenvalue weighted by Gasteiger charge is -2.04. The molecule has 0 aliphatic carbocycles. The van der Waals surface area contributed by atoms with Crippen LogP contribution in [0.4, 0.5) is 0 Å². The van der Waals surface area contributed by atoms with E-state index in [-0.39, 0.29) is 0 Å². The van der Waals surface area contributed by atoms with Crippen molar-refractivity contribution in [1.29, 1.82) is 0 Å². The van der Waals surface area contributed by atoms with Crippen molar-refractivity contribution in [2.75, 3.05) is 6.26 Å². The molecule has 0 saturated carbocycles. The molecule has 0 bridgehead atoms.